The molecule has 3 aromatic rings. The first-order valence-corrected chi connectivity index (χ1v) is 12.0. The molecule has 1 N–H and O–H groups in total. The van der Waals surface area contributed by atoms with Gasteiger partial charge in [0, 0.05) is 36.7 Å². The Bertz CT molecular complexity index is 1180. The number of hydrogen-bond donors (Lipinski definition) is 1. The third-order valence-electron chi connectivity index (χ3n) is 5.48. The van der Waals surface area contributed by atoms with E-state index < -0.39 is 15.9 Å². The van der Waals surface area contributed by atoms with Gasteiger partial charge in [-0.3, -0.25) is 4.79 Å². The summed E-state index contributed by atoms with van der Waals surface area (Å²) >= 11 is 0. The van der Waals surface area contributed by atoms with Crippen molar-refractivity contribution >= 4 is 21.6 Å². The van der Waals surface area contributed by atoms with Crippen LogP contribution in [0, 0.1) is 0 Å². The highest BCUT2D eigenvalue weighted by Gasteiger charge is 2.29. The number of ether oxygens (including phenoxy) is 1. The van der Waals surface area contributed by atoms with E-state index in [1.165, 1.54) is 23.5 Å². The molecule has 2 aromatic carbocycles. The fourth-order valence-corrected chi connectivity index (χ4v) is 5.49. The van der Waals surface area contributed by atoms with Gasteiger partial charge in [0.15, 0.2) is 0 Å². The van der Waals surface area contributed by atoms with Gasteiger partial charge in [0.1, 0.15) is 10.6 Å². The van der Waals surface area contributed by atoms with Gasteiger partial charge in [0.25, 0.3) is 5.91 Å². The molecule has 9 heteroatoms. The average Bonchev–Trinajstić information content (AvgIpc) is 3.20. The molecule has 1 fully saturated rings. The summed E-state index contributed by atoms with van der Waals surface area (Å²) in [5.41, 5.74) is 1.62. The number of nitrogens with zero attached hydrogens (tertiary/aromatic N) is 3. The number of aromatic nitrogens is 2. The average molecular weight is 455 g/mol. The van der Waals surface area contributed by atoms with E-state index in [2.05, 4.69) is 10.4 Å². The minimum atomic E-state index is -3.78. The molecule has 1 aliphatic heterocycles. The lowest BCUT2D eigenvalue weighted by molar-refractivity contribution is 0.102. The maximum atomic E-state index is 13.3. The minimum Gasteiger partial charge on any atom is -0.495 e. The fraction of sp³-hybridized carbons (Fsp3) is 0.304. The highest BCUT2D eigenvalue weighted by Crippen LogP contribution is 2.30. The summed E-state index contributed by atoms with van der Waals surface area (Å²) in [4.78, 5) is 13.0. The first-order chi connectivity index (χ1) is 15.5. The zero-order chi connectivity index (χ0) is 22.6. The van der Waals surface area contributed by atoms with E-state index >= 15 is 0 Å². The molecule has 0 aliphatic carbocycles. The van der Waals surface area contributed by atoms with Gasteiger partial charge in [-0.25, -0.2) is 13.1 Å². The number of carbonyl (C=O) groups excluding carboxylic acids is 1. The second-order valence-corrected chi connectivity index (χ2v) is 9.55. The summed E-state index contributed by atoms with van der Waals surface area (Å²) in [7, 11) is -2.35. The van der Waals surface area contributed by atoms with Gasteiger partial charge < -0.3 is 10.1 Å². The SMILES string of the molecule is COc1ccc(C(=O)Nc2cccc(-n3cccn3)c2)cc1S(=O)(=O)N1CCCCCC1. The summed E-state index contributed by atoms with van der Waals surface area (Å²) in [5.74, 6) is -0.177. The Labute approximate surface area is 187 Å². The number of anilines is 1. The molecular weight excluding hydrogens is 428 g/mol. The molecule has 0 radical (unpaired) electrons. The molecule has 0 saturated carbocycles. The van der Waals surface area contributed by atoms with Crippen LogP contribution in [0.15, 0.2) is 65.8 Å². The zero-order valence-electron chi connectivity index (χ0n) is 17.9. The number of amides is 1. The van der Waals surface area contributed by atoms with E-state index in [0.29, 0.717) is 18.8 Å². The van der Waals surface area contributed by atoms with Crippen LogP contribution in [0.5, 0.6) is 5.75 Å². The van der Waals surface area contributed by atoms with Crippen molar-refractivity contribution in [3.05, 3.63) is 66.5 Å². The normalized spacial score (nSPS) is 15.2. The molecule has 1 aliphatic rings. The van der Waals surface area contributed by atoms with Crippen molar-refractivity contribution in [1.82, 2.24) is 14.1 Å². The predicted octanol–water partition coefficient (Wildman–Crippen LogP) is 3.70. The van der Waals surface area contributed by atoms with Gasteiger partial charge in [-0.05, 0) is 55.3 Å². The summed E-state index contributed by atoms with van der Waals surface area (Å²) < 4.78 is 35.2. The molecule has 0 bridgehead atoms. The quantitative estimate of drug-likeness (QED) is 0.613. The molecule has 0 atom stereocenters. The number of methoxy groups -OCH3 is 1. The van der Waals surface area contributed by atoms with Crippen LogP contribution >= 0.6 is 0 Å². The third kappa shape index (κ3) is 4.68. The number of nitrogens with one attached hydrogen (secondary N) is 1. The summed E-state index contributed by atoms with van der Waals surface area (Å²) in [6.07, 6.45) is 7.17. The van der Waals surface area contributed by atoms with Crippen LogP contribution in [0.4, 0.5) is 5.69 Å². The third-order valence-corrected chi connectivity index (χ3v) is 7.40. The van der Waals surface area contributed by atoms with E-state index in [1.54, 1.807) is 29.1 Å². The molecule has 2 heterocycles. The lowest BCUT2D eigenvalue weighted by Gasteiger charge is -2.21. The van der Waals surface area contributed by atoms with Crippen molar-refractivity contribution in [1.29, 1.82) is 0 Å². The molecule has 0 spiro atoms. The predicted molar refractivity (Wildman–Crippen MR) is 122 cm³/mol. The maximum absolute atomic E-state index is 13.3. The van der Waals surface area contributed by atoms with Gasteiger partial charge in [-0.1, -0.05) is 18.9 Å². The number of hydrogen-bond acceptors (Lipinski definition) is 5. The molecule has 1 saturated heterocycles. The van der Waals surface area contributed by atoms with Crippen LogP contribution in [0.1, 0.15) is 36.0 Å². The van der Waals surface area contributed by atoms with Gasteiger partial charge in [0.05, 0.1) is 12.8 Å². The largest absolute Gasteiger partial charge is 0.495 e. The smallest absolute Gasteiger partial charge is 0.255 e. The van der Waals surface area contributed by atoms with E-state index in [-0.39, 0.29) is 16.2 Å². The van der Waals surface area contributed by atoms with Gasteiger partial charge in [-0.15, -0.1) is 0 Å². The van der Waals surface area contributed by atoms with Crippen molar-refractivity contribution in [3.8, 4) is 11.4 Å². The summed E-state index contributed by atoms with van der Waals surface area (Å²) in [5, 5.41) is 7.03. The molecule has 1 aromatic heterocycles. The van der Waals surface area contributed by atoms with Gasteiger partial charge in [0.2, 0.25) is 10.0 Å². The van der Waals surface area contributed by atoms with E-state index in [9.17, 15) is 13.2 Å². The number of sulfonamides is 1. The molecule has 32 heavy (non-hydrogen) atoms. The fourth-order valence-electron chi connectivity index (χ4n) is 3.79. The van der Waals surface area contributed by atoms with Crippen molar-refractivity contribution in [2.75, 3.05) is 25.5 Å². The topological polar surface area (TPSA) is 93.5 Å². The van der Waals surface area contributed by atoms with Crippen LogP contribution < -0.4 is 10.1 Å². The number of benzene rings is 2. The van der Waals surface area contributed by atoms with E-state index in [4.69, 9.17) is 4.74 Å². The lowest BCUT2D eigenvalue weighted by Crippen LogP contribution is -2.32. The lowest BCUT2D eigenvalue weighted by atomic mass is 10.2. The Morgan fingerprint density at radius 2 is 1.81 bits per heavy atom. The molecule has 1 amide bonds. The Hall–Kier alpha value is -3.17. The standard InChI is InChI=1S/C23H26N4O4S/c1-31-21-11-10-18(16-22(21)32(29,30)26-13-4-2-3-5-14-26)23(28)25-19-8-6-9-20(17-19)27-15-7-12-24-27/h6-12,15-17H,2-5,13-14H2,1H3,(H,25,28). The Kier molecular flexibility index (Phi) is 6.57. The van der Waals surface area contributed by atoms with Crippen LogP contribution in [-0.4, -0.2) is 48.6 Å². The highest BCUT2D eigenvalue weighted by atomic mass is 32.2. The monoisotopic (exact) mass is 454 g/mol. The molecule has 168 valence electrons. The maximum Gasteiger partial charge on any atom is 0.255 e. The highest BCUT2D eigenvalue weighted by molar-refractivity contribution is 7.89. The molecular formula is C23H26N4O4S. The van der Waals surface area contributed by atoms with Crippen LogP contribution in [0.3, 0.4) is 0 Å². The zero-order valence-corrected chi connectivity index (χ0v) is 18.7. The Morgan fingerprint density at radius 1 is 1.03 bits per heavy atom. The first-order valence-electron chi connectivity index (χ1n) is 10.6. The molecule has 4 rings (SSSR count). The Balaban J connectivity index is 1.61. The van der Waals surface area contributed by atoms with Crippen molar-refractivity contribution in [2.45, 2.75) is 30.6 Å². The molecule has 0 unspecified atom stereocenters. The van der Waals surface area contributed by atoms with Gasteiger partial charge >= 0.3 is 0 Å². The van der Waals surface area contributed by atoms with Gasteiger partial charge in [-0.2, -0.15) is 9.40 Å². The van der Waals surface area contributed by atoms with Crippen molar-refractivity contribution in [3.63, 3.8) is 0 Å². The van der Waals surface area contributed by atoms with E-state index in [0.717, 1.165) is 31.4 Å². The first kappa shape index (κ1) is 22.0. The number of rotatable bonds is 6. The molecule has 8 nitrogen and oxygen atoms in total. The minimum absolute atomic E-state index is 0.0137. The van der Waals surface area contributed by atoms with Crippen LogP contribution in [0.25, 0.3) is 5.69 Å². The van der Waals surface area contributed by atoms with Crippen LogP contribution in [0.2, 0.25) is 0 Å². The summed E-state index contributed by atoms with van der Waals surface area (Å²) in [6, 6.07) is 13.6. The van der Waals surface area contributed by atoms with E-state index in [1.807, 2.05) is 24.4 Å². The van der Waals surface area contributed by atoms with Crippen molar-refractivity contribution < 1.29 is 17.9 Å². The second-order valence-electron chi connectivity index (χ2n) is 7.64. The summed E-state index contributed by atoms with van der Waals surface area (Å²) in [6.45, 7) is 0.949. The van der Waals surface area contributed by atoms with Crippen molar-refractivity contribution in [2.24, 2.45) is 0 Å². The Morgan fingerprint density at radius 3 is 2.50 bits per heavy atom. The second kappa shape index (κ2) is 9.54. The number of carbonyl (C=O) groups is 1. The van der Waals surface area contributed by atoms with Crippen LogP contribution in [-0.2, 0) is 10.0 Å².